The second-order valence-corrected chi connectivity index (χ2v) is 38.5. The van der Waals surface area contributed by atoms with Gasteiger partial charge in [-0.3, -0.25) is 35.4 Å². The molecule has 33 heteroatoms. The molecule has 19 rings (SSSR count). The Bertz CT molecular complexity index is 6650. The van der Waals surface area contributed by atoms with Gasteiger partial charge >= 0.3 is 24.1 Å². The smallest absolute Gasteiger partial charge is 0.320 e. The van der Waals surface area contributed by atoms with E-state index in [9.17, 15) is 29.1 Å². The van der Waals surface area contributed by atoms with E-state index in [-0.39, 0.29) is 98.1 Å². The molecule has 8 aromatic carbocycles. The topological polar surface area (TPSA) is 405 Å². The molecule has 6 aromatic heterocycles. The Morgan fingerprint density at radius 3 is 1.12 bits per heavy atom. The van der Waals surface area contributed by atoms with E-state index in [4.69, 9.17) is 50.0 Å². The number of carbonyl (C=O) groups excluding carboxylic acids is 5. The van der Waals surface area contributed by atoms with Gasteiger partial charge in [0.2, 0.25) is 11.8 Å². The van der Waals surface area contributed by atoms with Crippen molar-refractivity contribution in [1.29, 1.82) is 5.26 Å². The third kappa shape index (κ3) is 26.4. The van der Waals surface area contributed by atoms with E-state index in [0.29, 0.717) is 72.5 Å². The van der Waals surface area contributed by atoms with Crippen LogP contribution in [0.2, 0.25) is 0 Å². The Kier molecular flexibility index (Phi) is 34.4. The molecule has 0 saturated heterocycles. The molecule has 754 valence electrons. The molecule has 0 bridgehead atoms. The zero-order valence-corrected chi connectivity index (χ0v) is 83.5. The lowest BCUT2D eigenvalue weighted by Gasteiger charge is -2.22. The van der Waals surface area contributed by atoms with Crippen LogP contribution in [0.25, 0.3) is 45.3 Å². The monoisotopic (exact) mass is 1960 g/mol. The number of aromatic nitrogens is 12. The van der Waals surface area contributed by atoms with Crippen molar-refractivity contribution in [3.63, 3.8) is 0 Å². The van der Waals surface area contributed by atoms with Crippen molar-refractivity contribution in [2.45, 2.75) is 184 Å². The van der Waals surface area contributed by atoms with Crippen molar-refractivity contribution >= 4 is 53.3 Å². The van der Waals surface area contributed by atoms with Crippen LogP contribution in [-0.4, -0.2) is 183 Å². The van der Waals surface area contributed by atoms with Crippen LogP contribution in [0.1, 0.15) is 158 Å². The Morgan fingerprint density at radius 2 is 0.772 bits per heavy atom. The summed E-state index contributed by atoms with van der Waals surface area (Å²) in [5, 5.41) is 71.9. The van der Waals surface area contributed by atoms with Gasteiger partial charge < -0.3 is 55.8 Å². The van der Waals surface area contributed by atoms with Crippen LogP contribution in [0.3, 0.4) is 0 Å². The zero-order valence-electron chi connectivity index (χ0n) is 83.5. The van der Waals surface area contributed by atoms with Crippen molar-refractivity contribution in [1.82, 2.24) is 80.0 Å². The minimum Gasteiger partial charge on any atom is -0.473 e. The number of fused-ring (bicyclic) bond motifs is 1. The number of benzene rings is 8. The molecular formula is C112H130N22O11. The lowest BCUT2D eigenvalue weighted by atomic mass is 9.93. The summed E-state index contributed by atoms with van der Waals surface area (Å²) in [6.07, 6.45) is 18.6. The van der Waals surface area contributed by atoms with E-state index >= 15 is 0 Å². The number of aliphatic hydroxyl groups is 1. The Hall–Kier alpha value is -15.3. The predicted molar refractivity (Wildman–Crippen MR) is 558 cm³/mol. The van der Waals surface area contributed by atoms with Gasteiger partial charge in [-0.05, 0) is 201 Å². The minimum atomic E-state index is -1.01. The highest BCUT2D eigenvalue weighted by Crippen LogP contribution is 2.45. The van der Waals surface area contributed by atoms with E-state index in [2.05, 4.69) is 106 Å². The lowest BCUT2D eigenvalue weighted by molar-refractivity contribution is -0.124. The van der Waals surface area contributed by atoms with Crippen LogP contribution in [0.4, 0.5) is 42.4 Å². The summed E-state index contributed by atoms with van der Waals surface area (Å²) in [6, 6.07) is 80.7. The maximum absolute atomic E-state index is 13.4. The number of anilines is 4. The van der Waals surface area contributed by atoms with Crippen molar-refractivity contribution in [2.75, 3.05) is 68.5 Å². The van der Waals surface area contributed by atoms with Gasteiger partial charge in [-0.15, -0.1) is 5.10 Å². The van der Waals surface area contributed by atoms with Crippen molar-refractivity contribution < 1.29 is 52.8 Å². The summed E-state index contributed by atoms with van der Waals surface area (Å²) >= 11 is 0. The Labute approximate surface area is 845 Å². The van der Waals surface area contributed by atoms with Gasteiger partial charge in [0.25, 0.3) is 0 Å². The average molecular weight is 1960 g/mol. The van der Waals surface area contributed by atoms with Gasteiger partial charge in [0, 0.05) is 130 Å². The molecule has 4 fully saturated rings. The van der Waals surface area contributed by atoms with Crippen LogP contribution in [0, 0.1) is 43.9 Å². The molecule has 0 spiro atoms. The number of hydrogen-bond acceptors (Lipinski definition) is 18. The minimum absolute atomic E-state index is 0.00330. The third-order valence-corrected chi connectivity index (χ3v) is 27.5. The van der Waals surface area contributed by atoms with Crippen molar-refractivity contribution in [3.8, 4) is 57.2 Å². The number of nitrogens with zero attached hydrogens (tertiary/aromatic N) is 13. The van der Waals surface area contributed by atoms with Crippen molar-refractivity contribution in [3.05, 3.63) is 318 Å². The molecule has 0 unspecified atom stereocenters. The molecule has 14 aromatic rings. The largest absolute Gasteiger partial charge is 0.473 e. The summed E-state index contributed by atoms with van der Waals surface area (Å²) in [5.41, 5.74) is 20.3. The SMILES string of the molecule is COCC[C@@H]1C[C@@H](NC(=O)Nc2c(C)c(OCC(C)(C)O)nn2-c2ccccc2)[C@H](c2ccccc2)C1.COCC[C@@H]1C[C@@H](NC(=O)Nc2c3c(nn2-c2ccccc2)CCC3)[C@H](c2ccccc2)C1.Cc1c(-c2cnn(C)c2)nn(-c2ccccc2)c1NC(=O)N[C@@H]1C[C@@H](OCC#N)C[C@H]1c1ccccc1.Cc1c(-c2cnn(C)c2)nn(-c2ccccc2)c1NC(=O)N[C@@H]1C[C@@H](OCC(N)=O)C[C@H]1c1ccccc1. The predicted octanol–water partition coefficient (Wildman–Crippen LogP) is 18.2. The number of rotatable bonds is 32. The van der Waals surface area contributed by atoms with Crippen LogP contribution in [0.5, 0.6) is 5.88 Å². The molecular weight excluding hydrogens is 1830 g/mol. The first-order chi connectivity index (χ1) is 70.4. The van der Waals surface area contributed by atoms with E-state index in [1.807, 2.05) is 252 Å². The molecule has 33 nitrogen and oxygen atoms in total. The fourth-order valence-corrected chi connectivity index (χ4v) is 20.6. The number of nitriles is 1. The molecule has 11 N–H and O–H groups in total. The van der Waals surface area contributed by atoms with Crippen molar-refractivity contribution in [2.24, 2.45) is 31.7 Å². The standard InChI is InChI=1S/C29H38N4O4.C28H31N7O3.C28H29N7O2.C27H32N4O2/c1-20-26(33(23-13-9-6-10-14-23)32-27(20)37-19-29(2,3)35)31-28(34)30-25-18-21(15-16-36-4)17-24(25)22-11-7-5-8-12-22;1-18-26(20-15-30-34(2)16-20)33-35(21-11-7-4-8-12-21)27(18)32-28(37)31-24-14-22(38-17-25(29)36)13-23(24)19-9-5-3-6-10-19;1-19-26(21-17-30-34(2)18-21)33-35(22-11-7-4-8-12-22)27(19)32-28(36)31-25-16-23(37-14-13-29)15-24(25)20-9-5-3-6-10-20;1-33-16-15-19-17-23(20-9-4-2-5-10-20)25(18-19)28-27(32)29-26-22-13-8-14-24(22)30-31(26)21-11-6-3-7-12-21/h5-14,21,24-25,35H,15-19H2,1-4H3,(H2,30,31,34);3-12,15-16,22-24H,13-14,17H2,1-2H3,(H2,29,36)(H2,31,32,37);3-12,17-18,23-25H,14-16H2,1-2H3,(H2,31,32,36);2-7,9-12,19,23,25H,8,13-18H2,1H3,(H2,28,29,32)/t21-,24-,25+;22-,23-,24+;23-,24-,25+;19-,23-,25+/m0000/s1. The quantitative estimate of drug-likeness (QED) is 0.0187. The fraction of sp³-hybridized carbons (Fsp3) is 0.357. The molecule has 5 aliphatic rings. The van der Waals surface area contributed by atoms with Gasteiger partial charge in [0.05, 0.1) is 70.3 Å². The Balaban J connectivity index is 0.000000139. The van der Waals surface area contributed by atoms with Crippen LogP contribution in [0.15, 0.2) is 267 Å². The molecule has 145 heavy (non-hydrogen) atoms. The number of nitrogens with one attached hydrogen (secondary N) is 8. The summed E-state index contributed by atoms with van der Waals surface area (Å²) < 4.78 is 38.4. The van der Waals surface area contributed by atoms with Gasteiger partial charge in [-0.1, -0.05) is 194 Å². The molecule has 6 heterocycles. The zero-order chi connectivity index (χ0) is 101. The number of methoxy groups -OCH3 is 2. The van der Waals surface area contributed by atoms with E-state index < -0.39 is 11.5 Å². The molecule has 4 saturated carbocycles. The van der Waals surface area contributed by atoms with E-state index in [1.54, 1.807) is 63.9 Å². The first-order valence-electron chi connectivity index (χ1n) is 49.7. The van der Waals surface area contributed by atoms with Crippen LogP contribution < -0.4 is 53.0 Å². The molecule has 0 radical (unpaired) electrons. The number of nitrogens with two attached hydrogens (primary N) is 1. The summed E-state index contributed by atoms with van der Waals surface area (Å²) in [5.74, 6) is 4.03. The Morgan fingerprint density at radius 1 is 0.434 bits per heavy atom. The van der Waals surface area contributed by atoms with Gasteiger partial charge in [-0.2, -0.15) is 30.8 Å². The molecule has 5 aliphatic carbocycles. The fourth-order valence-electron chi connectivity index (χ4n) is 20.6. The maximum atomic E-state index is 13.4. The molecule has 0 aliphatic heterocycles. The van der Waals surface area contributed by atoms with Gasteiger partial charge in [-0.25, -0.2) is 37.9 Å². The number of carbonyl (C=O) groups is 5. The summed E-state index contributed by atoms with van der Waals surface area (Å²) in [6.45, 7) is 10.5. The highest BCUT2D eigenvalue weighted by molar-refractivity contribution is 5.93. The number of primary amides is 1. The number of para-hydroxylation sites is 4. The second kappa shape index (κ2) is 48.6. The first-order valence-corrected chi connectivity index (χ1v) is 49.7. The van der Waals surface area contributed by atoms with E-state index in [0.717, 1.165) is 155 Å². The highest BCUT2D eigenvalue weighted by Gasteiger charge is 2.42. The summed E-state index contributed by atoms with van der Waals surface area (Å²) in [7, 11) is 7.19. The number of hydrogen-bond donors (Lipinski definition) is 10. The van der Waals surface area contributed by atoms with Gasteiger partial charge in [0.15, 0.2) is 0 Å². The number of aryl methyl sites for hydroxylation is 3. The number of amides is 9. The summed E-state index contributed by atoms with van der Waals surface area (Å²) in [4.78, 5) is 64.7. The van der Waals surface area contributed by atoms with E-state index in [1.165, 1.54) is 11.1 Å². The lowest BCUT2D eigenvalue weighted by Crippen LogP contribution is -2.40. The average Bonchev–Trinajstić information content (AvgIpc) is 1.63. The van der Waals surface area contributed by atoms with Crippen LogP contribution in [-0.2, 0) is 50.7 Å². The van der Waals surface area contributed by atoms with Gasteiger partial charge in [0.1, 0.15) is 54.5 Å². The van der Waals surface area contributed by atoms with Crippen LogP contribution >= 0.6 is 0 Å². The maximum Gasteiger partial charge on any atom is 0.320 e. The highest BCUT2D eigenvalue weighted by atomic mass is 16.5. The molecule has 12 atom stereocenters. The second-order valence-electron chi connectivity index (χ2n) is 38.5. The first kappa shape index (κ1) is 103. The number of ether oxygens (including phenoxy) is 5. The normalized spacial score (nSPS) is 19.7. The molecule has 9 amide bonds. The number of urea groups is 4. The third-order valence-electron chi connectivity index (χ3n) is 27.5.